The summed E-state index contributed by atoms with van der Waals surface area (Å²) in [7, 11) is -9.37. The van der Waals surface area contributed by atoms with E-state index in [2.05, 4.69) is 32.9 Å². The second-order valence-electron chi connectivity index (χ2n) is 6.24. The molecule has 1 atom stereocenters. The fraction of sp³-hybridized carbons (Fsp3) is 0.529. The third-order valence-electron chi connectivity index (χ3n) is 3.19. The molecule has 0 N–H and O–H groups in total. The lowest BCUT2D eigenvalue weighted by atomic mass is 10.1. The van der Waals surface area contributed by atoms with Crippen molar-refractivity contribution in [2.24, 2.45) is 0 Å². The van der Waals surface area contributed by atoms with Gasteiger partial charge in [-0.1, -0.05) is 48.6 Å². The molecule has 0 rings (SSSR count). The quantitative estimate of drug-likeness (QED) is 0.331. The van der Waals surface area contributed by atoms with Gasteiger partial charge in [-0.15, -0.1) is 0 Å². The molecule has 0 heterocycles. The summed E-state index contributed by atoms with van der Waals surface area (Å²) >= 11 is 0. The van der Waals surface area contributed by atoms with E-state index in [1.54, 1.807) is 6.08 Å². The molecule has 138 valence electrons. The van der Waals surface area contributed by atoms with Crippen LogP contribution in [-0.2, 0) is 9.13 Å². The van der Waals surface area contributed by atoms with Gasteiger partial charge in [-0.2, -0.15) is 0 Å². The molecule has 0 aliphatic rings. The van der Waals surface area contributed by atoms with E-state index in [-0.39, 0.29) is 0 Å². The van der Waals surface area contributed by atoms with Crippen LogP contribution in [0.25, 0.3) is 0 Å². The minimum Gasteiger partial charge on any atom is -0.810 e. The first-order valence-corrected chi connectivity index (χ1v) is 11.5. The Hall–Kier alpha value is -0.700. The van der Waals surface area contributed by atoms with E-state index in [4.69, 9.17) is 0 Å². The SMILES string of the molecule is CC(C)=CCC/C(C)=C/CC/C(C)=C/C=C/P(=O)([O-])CP(=O)([O-])[O-]. The van der Waals surface area contributed by atoms with Crippen molar-refractivity contribution in [2.75, 3.05) is 5.90 Å². The van der Waals surface area contributed by atoms with E-state index < -0.39 is 20.9 Å². The maximum absolute atomic E-state index is 11.4. The highest BCUT2D eigenvalue weighted by atomic mass is 31.2. The van der Waals surface area contributed by atoms with Gasteiger partial charge in [0, 0.05) is 13.3 Å². The Morgan fingerprint density at radius 2 is 1.42 bits per heavy atom. The molecule has 0 fully saturated rings. The second kappa shape index (κ2) is 11.0. The highest BCUT2D eigenvalue weighted by Gasteiger charge is 2.04. The van der Waals surface area contributed by atoms with Crippen LogP contribution in [0.15, 0.2) is 46.8 Å². The zero-order valence-electron chi connectivity index (χ0n) is 14.9. The van der Waals surface area contributed by atoms with E-state index in [9.17, 15) is 23.8 Å². The topological polar surface area (TPSA) is 103 Å². The zero-order valence-corrected chi connectivity index (χ0v) is 16.6. The van der Waals surface area contributed by atoms with Gasteiger partial charge >= 0.3 is 0 Å². The molecule has 7 heteroatoms. The Bertz CT molecular complexity index is 604. The summed E-state index contributed by atoms with van der Waals surface area (Å²) in [6.07, 6.45) is 11.0. The Labute approximate surface area is 145 Å². The van der Waals surface area contributed by atoms with Gasteiger partial charge in [0.2, 0.25) is 0 Å². The number of allylic oxidation sites excluding steroid dienone is 7. The lowest BCUT2D eigenvalue weighted by Gasteiger charge is -2.34. The van der Waals surface area contributed by atoms with Gasteiger partial charge < -0.3 is 23.8 Å². The number of hydrogen-bond donors (Lipinski definition) is 0. The van der Waals surface area contributed by atoms with Gasteiger partial charge in [0.05, 0.1) is 0 Å². The van der Waals surface area contributed by atoms with Crippen LogP contribution in [-0.4, -0.2) is 5.90 Å². The van der Waals surface area contributed by atoms with E-state index >= 15 is 0 Å². The van der Waals surface area contributed by atoms with Crippen LogP contribution in [0.3, 0.4) is 0 Å². The highest BCUT2D eigenvalue weighted by molar-refractivity contribution is 7.72. The van der Waals surface area contributed by atoms with E-state index in [0.717, 1.165) is 37.1 Å². The van der Waals surface area contributed by atoms with Gasteiger partial charge in [-0.25, -0.2) is 0 Å². The fourth-order valence-electron chi connectivity index (χ4n) is 1.95. The standard InChI is InChI=1S/C17H30O5P2/c1-15(2)8-5-9-16(3)10-6-11-17(4)12-7-13-23(18,19)14-24(20,21)22/h7-8,10,12-13H,5-6,9,11,14H2,1-4H3,(H,18,19)(H2,20,21,22)/p-3/b13-7+,16-10+,17-12+. The first-order chi connectivity index (χ1) is 10.9. The molecule has 0 amide bonds. The molecule has 0 saturated heterocycles. The van der Waals surface area contributed by atoms with Crippen LogP contribution in [0.2, 0.25) is 0 Å². The average molecular weight is 373 g/mol. The lowest BCUT2D eigenvalue weighted by molar-refractivity contribution is -0.312. The maximum Gasteiger partial charge on any atom is 0.0411 e. The molecule has 0 aliphatic heterocycles. The number of rotatable bonds is 10. The van der Waals surface area contributed by atoms with Crippen molar-refractivity contribution in [3.05, 3.63) is 46.8 Å². The minimum atomic E-state index is -5.06. The predicted molar refractivity (Wildman–Crippen MR) is 94.6 cm³/mol. The first kappa shape index (κ1) is 23.3. The normalized spacial score (nSPS) is 16.3. The molecule has 0 spiro atoms. The van der Waals surface area contributed by atoms with Gasteiger partial charge in [0.15, 0.2) is 0 Å². The molecule has 5 nitrogen and oxygen atoms in total. The van der Waals surface area contributed by atoms with Crippen LogP contribution in [0.1, 0.15) is 53.4 Å². The maximum atomic E-state index is 11.4. The summed E-state index contributed by atoms with van der Waals surface area (Å²) in [6, 6.07) is 0. The molecule has 0 aliphatic carbocycles. The van der Waals surface area contributed by atoms with Crippen molar-refractivity contribution >= 4 is 15.0 Å². The molecular weight excluding hydrogens is 346 g/mol. The molecule has 1 unspecified atom stereocenters. The van der Waals surface area contributed by atoms with Crippen molar-refractivity contribution < 1.29 is 23.8 Å². The van der Waals surface area contributed by atoms with E-state index in [1.165, 1.54) is 17.2 Å². The molecule has 0 aromatic heterocycles. The van der Waals surface area contributed by atoms with Gasteiger partial charge in [0.1, 0.15) is 0 Å². The summed E-state index contributed by atoms with van der Waals surface area (Å²) < 4.78 is 21.9. The molecule has 0 bridgehead atoms. The summed E-state index contributed by atoms with van der Waals surface area (Å²) in [5, 5.41) is 0. The van der Waals surface area contributed by atoms with Gasteiger partial charge in [-0.05, 0) is 59.2 Å². The molecule has 24 heavy (non-hydrogen) atoms. The summed E-state index contributed by atoms with van der Waals surface area (Å²) in [5.41, 5.74) is 3.61. The highest BCUT2D eigenvalue weighted by Crippen LogP contribution is 2.48. The predicted octanol–water partition coefficient (Wildman–Crippen LogP) is 3.43. The molecule has 0 aromatic rings. The Balaban J connectivity index is 4.37. The van der Waals surface area contributed by atoms with E-state index in [1.807, 2.05) is 6.92 Å². The first-order valence-electron chi connectivity index (χ1n) is 7.86. The Morgan fingerprint density at radius 1 is 0.875 bits per heavy atom. The van der Waals surface area contributed by atoms with E-state index in [0.29, 0.717) is 0 Å². The monoisotopic (exact) mass is 373 g/mol. The molecule has 0 aromatic carbocycles. The van der Waals surface area contributed by atoms with Crippen molar-refractivity contribution in [1.29, 1.82) is 0 Å². The summed E-state index contributed by atoms with van der Waals surface area (Å²) in [6.45, 7) is 8.12. The third kappa shape index (κ3) is 14.9. The van der Waals surface area contributed by atoms with Crippen LogP contribution < -0.4 is 14.7 Å². The summed E-state index contributed by atoms with van der Waals surface area (Å²) in [4.78, 5) is 32.4. The van der Waals surface area contributed by atoms with Gasteiger partial charge in [0.25, 0.3) is 0 Å². The van der Waals surface area contributed by atoms with Gasteiger partial charge in [-0.3, -0.25) is 0 Å². The largest absolute Gasteiger partial charge is 0.810 e. The zero-order chi connectivity index (χ0) is 18.8. The Kier molecular flexibility index (Phi) is 10.7. The smallest absolute Gasteiger partial charge is 0.0411 e. The number of hydrogen-bond acceptors (Lipinski definition) is 5. The minimum absolute atomic E-state index is 0.787. The fourth-order valence-corrected chi connectivity index (χ4v) is 4.60. The van der Waals surface area contributed by atoms with Crippen LogP contribution >= 0.6 is 15.0 Å². The Morgan fingerprint density at radius 3 is 1.96 bits per heavy atom. The van der Waals surface area contributed by atoms with Crippen LogP contribution in [0.5, 0.6) is 0 Å². The van der Waals surface area contributed by atoms with Crippen molar-refractivity contribution in [3.63, 3.8) is 0 Å². The second-order valence-corrected chi connectivity index (χ2v) is 10.3. The molecule has 0 radical (unpaired) electrons. The van der Waals surface area contributed by atoms with Crippen molar-refractivity contribution in [3.8, 4) is 0 Å². The lowest BCUT2D eigenvalue weighted by Crippen LogP contribution is -2.19. The van der Waals surface area contributed by atoms with Crippen LogP contribution in [0, 0.1) is 0 Å². The van der Waals surface area contributed by atoms with Crippen LogP contribution in [0.4, 0.5) is 0 Å². The molecule has 0 saturated carbocycles. The average Bonchev–Trinajstić information content (AvgIpc) is 2.34. The van der Waals surface area contributed by atoms with Crippen molar-refractivity contribution in [1.82, 2.24) is 0 Å². The summed E-state index contributed by atoms with van der Waals surface area (Å²) in [5.74, 6) is -0.559. The van der Waals surface area contributed by atoms with Crippen molar-refractivity contribution in [2.45, 2.75) is 53.4 Å². The molecular formula is C17H27O5P2-3. The third-order valence-corrected chi connectivity index (χ3v) is 6.78.